The van der Waals surface area contributed by atoms with E-state index in [4.69, 9.17) is 14.2 Å². The second kappa shape index (κ2) is 9.79. The Labute approximate surface area is 171 Å². The highest BCUT2D eigenvalue weighted by Gasteiger charge is 2.21. The molecule has 0 radical (unpaired) electrons. The number of nitrogens with zero attached hydrogens (tertiary/aromatic N) is 3. The highest BCUT2D eigenvalue weighted by Crippen LogP contribution is 2.23. The quantitative estimate of drug-likeness (QED) is 0.391. The zero-order valence-electron chi connectivity index (χ0n) is 16.3. The van der Waals surface area contributed by atoms with Crippen molar-refractivity contribution < 1.29 is 33.7 Å². The van der Waals surface area contributed by atoms with Gasteiger partial charge in [-0.05, 0) is 31.1 Å². The van der Waals surface area contributed by atoms with Gasteiger partial charge in [0.05, 0.1) is 18.9 Å². The van der Waals surface area contributed by atoms with E-state index in [0.717, 1.165) is 6.92 Å². The Morgan fingerprint density at radius 1 is 1.10 bits per heavy atom. The summed E-state index contributed by atoms with van der Waals surface area (Å²) in [5.41, 5.74) is 1.73. The van der Waals surface area contributed by atoms with Crippen LogP contribution < -0.4 is 0 Å². The lowest BCUT2D eigenvalue weighted by atomic mass is 10.1. The van der Waals surface area contributed by atoms with Crippen molar-refractivity contribution in [3.05, 3.63) is 42.2 Å². The van der Waals surface area contributed by atoms with Crippen LogP contribution in [0.4, 0.5) is 4.79 Å². The van der Waals surface area contributed by atoms with Gasteiger partial charge in [0.25, 0.3) is 0 Å². The normalized spacial score (nSPS) is 15.9. The van der Waals surface area contributed by atoms with Crippen molar-refractivity contribution in [1.82, 2.24) is 15.0 Å². The molecular weight excluding hydrogens is 394 g/mol. The number of ketones is 1. The smallest absolute Gasteiger partial charge is 0.460 e. The molecular formula is C20H21N3O7. The number of rotatable bonds is 8. The molecule has 1 N–H and O–H groups in total. The van der Waals surface area contributed by atoms with Crippen molar-refractivity contribution in [2.45, 2.75) is 32.3 Å². The maximum atomic E-state index is 11.9. The van der Waals surface area contributed by atoms with Gasteiger partial charge in [0.1, 0.15) is 22.9 Å². The van der Waals surface area contributed by atoms with E-state index in [1.807, 2.05) is 12.1 Å². The van der Waals surface area contributed by atoms with Crippen LogP contribution in [-0.4, -0.2) is 57.3 Å². The molecule has 3 rings (SSSR count). The lowest BCUT2D eigenvalue weighted by Crippen LogP contribution is -2.20. The molecule has 0 saturated heterocycles. The number of hydrogen-bond donors (Lipinski definition) is 1. The van der Waals surface area contributed by atoms with E-state index in [0.29, 0.717) is 29.6 Å². The summed E-state index contributed by atoms with van der Waals surface area (Å²) in [4.78, 5) is 34.9. The van der Waals surface area contributed by atoms with Gasteiger partial charge >= 0.3 is 12.1 Å². The van der Waals surface area contributed by atoms with Crippen LogP contribution in [0, 0.1) is 0 Å². The van der Waals surface area contributed by atoms with Crippen molar-refractivity contribution in [3.63, 3.8) is 0 Å². The van der Waals surface area contributed by atoms with Crippen molar-refractivity contribution in [2.24, 2.45) is 0 Å². The van der Waals surface area contributed by atoms with Crippen LogP contribution in [0.15, 0.2) is 42.2 Å². The number of aliphatic hydroxyl groups excluding tert-OH is 1. The van der Waals surface area contributed by atoms with Crippen LogP contribution in [0.2, 0.25) is 0 Å². The van der Waals surface area contributed by atoms with Gasteiger partial charge in [-0.15, -0.1) is 10.2 Å². The van der Waals surface area contributed by atoms with Crippen molar-refractivity contribution >= 4 is 34.6 Å². The molecule has 1 aromatic carbocycles. The molecule has 1 heterocycles. The van der Waals surface area contributed by atoms with Gasteiger partial charge in [-0.1, -0.05) is 12.1 Å². The van der Waals surface area contributed by atoms with E-state index in [-0.39, 0.29) is 25.4 Å². The van der Waals surface area contributed by atoms with E-state index in [1.54, 1.807) is 18.2 Å². The topological polar surface area (TPSA) is 130 Å². The third kappa shape index (κ3) is 5.51. The van der Waals surface area contributed by atoms with Crippen molar-refractivity contribution in [3.8, 4) is 0 Å². The van der Waals surface area contributed by atoms with Gasteiger partial charge in [-0.2, -0.15) is 4.80 Å². The number of benzene rings is 1. The number of carbonyl (C=O) groups is 3. The van der Waals surface area contributed by atoms with Crippen LogP contribution in [0.25, 0.3) is 16.7 Å². The SMILES string of the molecule is CC(=O)C(=O)OCCCCOC(=O)OC1=CCC(O)C(n2nc3ccccc3n2)=C1. The van der Waals surface area contributed by atoms with Gasteiger partial charge in [0, 0.05) is 19.4 Å². The number of fused-ring (bicyclic) bond motifs is 1. The number of esters is 1. The molecule has 1 atom stereocenters. The average Bonchev–Trinajstić information content (AvgIpc) is 3.15. The predicted octanol–water partition coefficient (Wildman–Crippen LogP) is 1.99. The predicted molar refractivity (Wildman–Crippen MR) is 104 cm³/mol. The number of allylic oxidation sites excluding steroid dienone is 1. The standard InChI is InChI=1S/C20H21N3O7/c1-13(24)19(26)28-10-4-5-11-29-20(27)30-14-8-9-18(25)17(12-14)23-21-15-6-2-3-7-16(15)22-23/h2-3,6-8,12,18,25H,4-5,9-11H2,1H3. The van der Waals surface area contributed by atoms with Crippen molar-refractivity contribution in [2.75, 3.05) is 13.2 Å². The lowest BCUT2D eigenvalue weighted by molar-refractivity contribution is -0.153. The van der Waals surface area contributed by atoms with Gasteiger partial charge in [-0.25, -0.2) is 9.59 Å². The molecule has 2 aromatic rings. The fraction of sp³-hybridized carbons (Fsp3) is 0.350. The summed E-state index contributed by atoms with van der Waals surface area (Å²) >= 11 is 0. The van der Waals surface area contributed by atoms with Gasteiger partial charge in [-0.3, -0.25) is 4.79 Å². The third-order valence-electron chi connectivity index (χ3n) is 4.17. The van der Waals surface area contributed by atoms with E-state index >= 15 is 0 Å². The van der Waals surface area contributed by atoms with Crippen LogP contribution in [0.3, 0.4) is 0 Å². The Kier molecular flexibility index (Phi) is 6.91. The fourth-order valence-electron chi connectivity index (χ4n) is 2.64. The molecule has 10 heteroatoms. The summed E-state index contributed by atoms with van der Waals surface area (Å²) in [5.74, 6) is -1.33. The number of aliphatic hydroxyl groups is 1. The molecule has 158 valence electrons. The van der Waals surface area contributed by atoms with Crippen LogP contribution in [0.1, 0.15) is 26.2 Å². The summed E-state index contributed by atoms with van der Waals surface area (Å²) in [6, 6.07) is 7.29. The van der Waals surface area contributed by atoms with E-state index in [1.165, 1.54) is 10.9 Å². The highest BCUT2D eigenvalue weighted by atomic mass is 16.7. The van der Waals surface area contributed by atoms with E-state index in [2.05, 4.69) is 10.2 Å². The van der Waals surface area contributed by atoms with Gasteiger partial charge in [0.15, 0.2) is 0 Å². The summed E-state index contributed by atoms with van der Waals surface area (Å²) in [6.07, 6.45) is 2.41. The Morgan fingerprint density at radius 3 is 2.37 bits per heavy atom. The Hall–Kier alpha value is -3.53. The number of unbranched alkanes of at least 4 members (excludes halogenated alkanes) is 1. The molecule has 0 spiro atoms. The average molecular weight is 415 g/mol. The summed E-state index contributed by atoms with van der Waals surface area (Å²) < 4.78 is 14.8. The molecule has 1 aliphatic carbocycles. The molecule has 0 fully saturated rings. The molecule has 10 nitrogen and oxygen atoms in total. The minimum Gasteiger partial charge on any atom is -0.460 e. The number of Topliss-reactive ketones (excluding diaryl/α,β-unsaturated/α-hetero) is 1. The zero-order valence-corrected chi connectivity index (χ0v) is 16.3. The first kappa shape index (κ1) is 21.2. The Morgan fingerprint density at radius 2 is 1.73 bits per heavy atom. The Balaban J connectivity index is 1.48. The van der Waals surface area contributed by atoms with E-state index < -0.39 is 24.0 Å². The maximum Gasteiger partial charge on any atom is 0.513 e. The third-order valence-corrected chi connectivity index (χ3v) is 4.17. The summed E-state index contributed by atoms with van der Waals surface area (Å²) in [6.45, 7) is 1.26. The van der Waals surface area contributed by atoms with Gasteiger partial charge in [0.2, 0.25) is 5.78 Å². The number of carbonyl (C=O) groups excluding carboxylic acids is 3. The molecule has 0 saturated carbocycles. The van der Waals surface area contributed by atoms with Gasteiger partial charge < -0.3 is 19.3 Å². The molecule has 0 aliphatic heterocycles. The lowest BCUT2D eigenvalue weighted by Gasteiger charge is -2.18. The van der Waals surface area contributed by atoms with Crippen LogP contribution in [-0.2, 0) is 23.8 Å². The number of aromatic nitrogens is 3. The minimum absolute atomic E-state index is 0.0645. The maximum absolute atomic E-state index is 11.9. The highest BCUT2D eigenvalue weighted by molar-refractivity contribution is 6.32. The molecule has 0 bridgehead atoms. The monoisotopic (exact) mass is 415 g/mol. The second-order valence-electron chi connectivity index (χ2n) is 6.51. The van der Waals surface area contributed by atoms with E-state index in [9.17, 15) is 19.5 Å². The molecule has 1 aromatic heterocycles. The Bertz CT molecular complexity index is 976. The largest absolute Gasteiger partial charge is 0.513 e. The molecule has 0 amide bonds. The summed E-state index contributed by atoms with van der Waals surface area (Å²) in [7, 11) is 0. The van der Waals surface area contributed by atoms with Crippen LogP contribution in [0.5, 0.6) is 0 Å². The second-order valence-corrected chi connectivity index (χ2v) is 6.51. The van der Waals surface area contributed by atoms with Crippen LogP contribution >= 0.6 is 0 Å². The summed E-state index contributed by atoms with van der Waals surface area (Å²) in [5, 5.41) is 18.9. The minimum atomic E-state index is -0.896. The molecule has 1 aliphatic rings. The first-order valence-electron chi connectivity index (χ1n) is 9.38. The first-order valence-corrected chi connectivity index (χ1v) is 9.38. The first-order chi connectivity index (χ1) is 14.4. The molecule has 1 unspecified atom stereocenters. The van der Waals surface area contributed by atoms with Crippen molar-refractivity contribution in [1.29, 1.82) is 0 Å². The number of ether oxygens (including phenoxy) is 3. The number of hydrogen-bond acceptors (Lipinski definition) is 9. The zero-order chi connectivity index (χ0) is 21.5. The fourth-order valence-corrected chi connectivity index (χ4v) is 2.64. The molecule has 30 heavy (non-hydrogen) atoms.